The minimum atomic E-state index is -5.08. The van der Waals surface area contributed by atoms with Gasteiger partial charge >= 0.3 is 18.2 Å². The van der Waals surface area contributed by atoms with Gasteiger partial charge < -0.3 is 24.5 Å². The van der Waals surface area contributed by atoms with E-state index in [9.17, 15) is 18.0 Å². The van der Waals surface area contributed by atoms with E-state index in [1.807, 2.05) is 19.0 Å². The van der Waals surface area contributed by atoms with Gasteiger partial charge in [0.1, 0.15) is 0 Å². The lowest BCUT2D eigenvalue weighted by Gasteiger charge is -2.37. The molecule has 0 bridgehead atoms. The summed E-state index contributed by atoms with van der Waals surface area (Å²) in [5, 5.41) is 7.12. The topological polar surface area (TPSA) is 76.6 Å². The summed E-state index contributed by atoms with van der Waals surface area (Å²) < 4.78 is 37.6. The average molecular weight is 410 g/mol. The Labute approximate surface area is 162 Å². The molecule has 3 aliphatic rings. The molecule has 3 aliphatic heterocycles. The molecule has 162 valence electrons. The second-order valence-corrected chi connectivity index (χ2v) is 7.45. The molecular formula is C17H29F3N4O4. The highest BCUT2D eigenvalue weighted by molar-refractivity contribution is 5.74. The van der Waals surface area contributed by atoms with Crippen LogP contribution in [0.25, 0.3) is 0 Å². The molecule has 0 radical (unpaired) electrons. The monoisotopic (exact) mass is 410 g/mol. The van der Waals surface area contributed by atoms with E-state index in [2.05, 4.69) is 9.80 Å². The van der Waals surface area contributed by atoms with Crippen molar-refractivity contribution in [3.63, 3.8) is 0 Å². The number of ether oxygens (including phenoxy) is 1. The zero-order chi connectivity index (χ0) is 20.9. The van der Waals surface area contributed by atoms with Crippen LogP contribution in [0.1, 0.15) is 12.8 Å². The number of aliphatic carboxylic acids is 1. The number of nitrogens with zero attached hydrogens (tertiary/aromatic N) is 4. The van der Waals surface area contributed by atoms with Crippen molar-refractivity contribution in [2.24, 2.45) is 0 Å². The van der Waals surface area contributed by atoms with Crippen molar-refractivity contribution < 1.29 is 32.6 Å². The number of alkyl halides is 3. The molecule has 0 saturated carbocycles. The molecule has 0 aromatic rings. The Morgan fingerprint density at radius 2 is 1.71 bits per heavy atom. The Kier molecular flexibility index (Phi) is 7.90. The second-order valence-electron chi connectivity index (χ2n) is 7.45. The van der Waals surface area contributed by atoms with Crippen molar-refractivity contribution in [2.45, 2.75) is 31.2 Å². The van der Waals surface area contributed by atoms with Crippen LogP contribution in [0.3, 0.4) is 0 Å². The molecule has 0 aliphatic carbocycles. The van der Waals surface area contributed by atoms with Gasteiger partial charge in [0.15, 0.2) is 0 Å². The summed E-state index contributed by atoms with van der Waals surface area (Å²) in [4.78, 5) is 29.7. The largest absolute Gasteiger partial charge is 0.490 e. The van der Waals surface area contributed by atoms with Crippen LogP contribution in [0.5, 0.6) is 0 Å². The Morgan fingerprint density at radius 3 is 2.25 bits per heavy atom. The number of hydrogen-bond donors (Lipinski definition) is 1. The Balaban J connectivity index is 0.000000345. The molecule has 3 saturated heterocycles. The van der Waals surface area contributed by atoms with Crippen molar-refractivity contribution in [3.05, 3.63) is 0 Å². The van der Waals surface area contributed by atoms with Gasteiger partial charge in [-0.1, -0.05) is 0 Å². The van der Waals surface area contributed by atoms with Gasteiger partial charge in [-0.05, 0) is 25.9 Å². The maximum absolute atomic E-state index is 12.1. The SMILES string of the molecule is CN(C)C(=O)N1C[C@@H]2OCCN(CCN3CCCC3)[C@@H]2C1.O=C(O)C(F)(F)F. The fourth-order valence-electron chi connectivity index (χ4n) is 3.75. The fraction of sp³-hybridized carbons (Fsp3) is 0.882. The molecule has 2 amide bonds. The van der Waals surface area contributed by atoms with Crippen LogP contribution < -0.4 is 0 Å². The summed E-state index contributed by atoms with van der Waals surface area (Å²) in [6, 6.07) is 0.484. The molecule has 8 nitrogen and oxygen atoms in total. The Bertz CT molecular complexity index is 541. The number of rotatable bonds is 3. The third-order valence-electron chi connectivity index (χ3n) is 5.21. The minimum Gasteiger partial charge on any atom is -0.475 e. The summed E-state index contributed by atoms with van der Waals surface area (Å²) in [7, 11) is 3.63. The van der Waals surface area contributed by atoms with Crippen LogP contribution in [0.15, 0.2) is 0 Å². The summed E-state index contributed by atoms with van der Waals surface area (Å²) >= 11 is 0. The van der Waals surface area contributed by atoms with Crippen LogP contribution in [-0.4, -0.2) is 122 Å². The molecule has 2 atom stereocenters. The van der Waals surface area contributed by atoms with Crippen LogP contribution >= 0.6 is 0 Å². The number of likely N-dealkylation sites (tertiary alicyclic amines) is 2. The number of morpholine rings is 1. The van der Waals surface area contributed by atoms with Gasteiger partial charge in [-0.15, -0.1) is 0 Å². The summed E-state index contributed by atoms with van der Waals surface area (Å²) in [5.41, 5.74) is 0. The number of amides is 2. The van der Waals surface area contributed by atoms with Gasteiger partial charge in [0.2, 0.25) is 0 Å². The van der Waals surface area contributed by atoms with Crippen LogP contribution in [0, 0.1) is 0 Å². The van der Waals surface area contributed by atoms with E-state index in [1.54, 1.807) is 4.90 Å². The van der Waals surface area contributed by atoms with Crippen molar-refractivity contribution in [1.29, 1.82) is 0 Å². The van der Waals surface area contributed by atoms with Crippen LogP contribution in [0.4, 0.5) is 18.0 Å². The van der Waals surface area contributed by atoms with Gasteiger partial charge in [-0.2, -0.15) is 13.2 Å². The molecule has 11 heteroatoms. The first-order chi connectivity index (χ1) is 13.1. The van der Waals surface area contributed by atoms with E-state index in [0.29, 0.717) is 6.04 Å². The lowest BCUT2D eigenvalue weighted by atomic mass is 10.1. The molecular weight excluding hydrogens is 381 g/mol. The minimum absolute atomic E-state index is 0.104. The number of carbonyl (C=O) groups is 2. The van der Waals surface area contributed by atoms with E-state index in [1.165, 1.54) is 25.9 Å². The predicted molar refractivity (Wildman–Crippen MR) is 95.1 cm³/mol. The van der Waals surface area contributed by atoms with Crippen molar-refractivity contribution >= 4 is 12.0 Å². The molecule has 3 heterocycles. The molecule has 1 N–H and O–H groups in total. The molecule has 0 aromatic carbocycles. The maximum Gasteiger partial charge on any atom is 0.490 e. The number of fused-ring (bicyclic) bond motifs is 1. The number of carbonyl (C=O) groups excluding carboxylic acids is 1. The molecule has 3 rings (SSSR count). The van der Waals surface area contributed by atoms with Gasteiger partial charge in [0.05, 0.1) is 25.3 Å². The zero-order valence-electron chi connectivity index (χ0n) is 16.3. The number of urea groups is 1. The smallest absolute Gasteiger partial charge is 0.475 e. The average Bonchev–Trinajstić information content (AvgIpc) is 3.28. The summed E-state index contributed by atoms with van der Waals surface area (Å²) in [5.74, 6) is -2.76. The van der Waals surface area contributed by atoms with E-state index >= 15 is 0 Å². The Morgan fingerprint density at radius 1 is 1.11 bits per heavy atom. The first-order valence-electron chi connectivity index (χ1n) is 9.44. The quantitative estimate of drug-likeness (QED) is 0.741. The number of carboxylic acids is 1. The zero-order valence-corrected chi connectivity index (χ0v) is 16.3. The highest BCUT2D eigenvalue weighted by Crippen LogP contribution is 2.23. The maximum atomic E-state index is 12.1. The van der Waals surface area contributed by atoms with Crippen molar-refractivity contribution in [3.8, 4) is 0 Å². The molecule has 0 spiro atoms. The van der Waals surface area contributed by atoms with Gasteiger partial charge in [0, 0.05) is 40.3 Å². The van der Waals surface area contributed by atoms with E-state index in [0.717, 1.165) is 39.3 Å². The summed E-state index contributed by atoms with van der Waals surface area (Å²) in [6.07, 6.45) is -2.19. The van der Waals surface area contributed by atoms with Crippen LogP contribution in [-0.2, 0) is 9.53 Å². The van der Waals surface area contributed by atoms with E-state index < -0.39 is 12.1 Å². The first-order valence-corrected chi connectivity index (χ1v) is 9.44. The van der Waals surface area contributed by atoms with Gasteiger partial charge in [0.25, 0.3) is 0 Å². The first kappa shape index (κ1) is 22.7. The van der Waals surface area contributed by atoms with E-state index in [4.69, 9.17) is 14.6 Å². The van der Waals surface area contributed by atoms with Crippen LogP contribution in [0.2, 0.25) is 0 Å². The van der Waals surface area contributed by atoms with Gasteiger partial charge in [-0.25, -0.2) is 9.59 Å². The molecule has 0 aromatic heterocycles. The fourth-order valence-corrected chi connectivity index (χ4v) is 3.75. The lowest BCUT2D eigenvalue weighted by molar-refractivity contribution is -0.192. The number of halogens is 3. The molecule has 3 fully saturated rings. The standard InChI is InChI=1S/C15H28N4O2.C2HF3O2/c1-16(2)15(20)19-11-13-14(12-19)21-10-9-18(13)8-7-17-5-3-4-6-17;3-2(4,5)1(6)7/h13-14H,3-12H2,1-2H3;(H,6,7)/t13-,14+;/m1./s1. The normalized spacial score (nSPS) is 25.8. The third kappa shape index (κ3) is 6.21. The highest BCUT2D eigenvalue weighted by atomic mass is 19.4. The van der Waals surface area contributed by atoms with Crippen molar-refractivity contribution in [1.82, 2.24) is 19.6 Å². The highest BCUT2D eigenvalue weighted by Gasteiger charge is 2.42. The summed E-state index contributed by atoms with van der Waals surface area (Å²) in [6.45, 7) is 8.11. The third-order valence-corrected chi connectivity index (χ3v) is 5.21. The number of carboxylic acid groups (broad SMARTS) is 1. The predicted octanol–water partition coefficient (Wildman–Crippen LogP) is 0.782. The molecule has 28 heavy (non-hydrogen) atoms. The van der Waals surface area contributed by atoms with Gasteiger partial charge in [-0.3, -0.25) is 4.90 Å². The van der Waals surface area contributed by atoms with Crippen molar-refractivity contribution in [2.75, 3.05) is 66.5 Å². The Hall–Kier alpha value is -1.59. The lowest BCUT2D eigenvalue weighted by Crippen LogP contribution is -2.52. The molecule has 0 unspecified atom stereocenters. The number of hydrogen-bond acceptors (Lipinski definition) is 5. The second kappa shape index (κ2) is 9.75. The van der Waals surface area contributed by atoms with E-state index in [-0.39, 0.29) is 12.1 Å².